The Morgan fingerprint density at radius 2 is 2.56 bits per heavy atom. The first-order chi connectivity index (χ1) is 7.90. The highest BCUT2D eigenvalue weighted by molar-refractivity contribution is 4.83. The van der Waals surface area contributed by atoms with E-state index < -0.39 is 0 Å². The molecule has 5 heteroatoms. The third kappa shape index (κ3) is 3.02. The molecule has 1 N–H and O–H groups in total. The number of hydrogen-bond acceptors (Lipinski definition) is 4. The highest BCUT2D eigenvalue weighted by atomic mass is 16.5. The lowest BCUT2D eigenvalue weighted by atomic mass is 10.1. The number of rotatable bonds is 5. The van der Waals surface area contributed by atoms with Gasteiger partial charge >= 0.3 is 0 Å². The van der Waals surface area contributed by atoms with Gasteiger partial charge in [0, 0.05) is 6.61 Å². The fourth-order valence-electron chi connectivity index (χ4n) is 1.88. The first-order valence-corrected chi connectivity index (χ1v) is 6.08. The molecule has 0 aromatic carbocycles. The normalized spacial score (nSPS) is 21.2. The minimum absolute atomic E-state index is 0.376. The van der Waals surface area contributed by atoms with Gasteiger partial charge in [-0.05, 0) is 25.8 Å². The van der Waals surface area contributed by atoms with Crippen LogP contribution in [0.15, 0.2) is 6.33 Å². The maximum absolute atomic E-state index is 5.44. The number of nitrogens with one attached hydrogen (secondary N) is 1. The van der Waals surface area contributed by atoms with E-state index in [1.807, 2.05) is 11.0 Å². The van der Waals surface area contributed by atoms with Gasteiger partial charge in [-0.15, -0.1) is 0 Å². The summed E-state index contributed by atoms with van der Waals surface area (Å²) in [6.07, 6.45) is 5.22. The van der Waals surface area contributed by atoms with Gasteiger partial charge in [-0.1, -0.05) is 6.92 Å². The molecule has 90 valence electrons. The molecule has 1 aromatic heterocycles. The molecule has 1 atom stereocenters. The molecule has 1 saturated heterocycles. The van der Waals surface area contributed by atoms with Crippen LogP contribution in [0.25, 0.3) is 0 Å². The molecule has 1 aliphatic rings. The van der Waals surface area contributed by atoms with Gasteiger partial charge in [0.1, 0.15) is 6.33 Å². The Balaban J connectivity index is 1.85. The van der Waals surface area contributed by atoms with Gasteiger partial charge in [-0.2, -0.15) is 5.10 Å². The van der Waals surface area contributed by atoms with Crippen LogP contribution in [0.1, 0.15) is 38.1 Å². The highest BCUT2D eigenvalue weighted by Gasteiger charge is 2.16. The predicted octanol–water partition coefficient (Wildman–Crippen LogP) is 1.13. The topological polar surface area (TPSA) is 52.0 Å². The first-order valence-electron chi connectivity index (χ1n) is 6.08. The van der Waals surface area contributed by atoms with Crippen LogP contribution in [-0.2, 0) is 11.3 Å². The lowest BCUT2D eigenvalue weighted by Crippen LogP contribution is -2.22. The SMILES string of the molecule is CCCNCc1ncn(C2CCCOC2)n1. The van der Waals surface area contributed by atoms with Crippen LogP contribution in [0.3, 0.4) is 0 Å². The highest BCUT2D eigenvalue weighted by Crippen LogP contribution is 2.17. The summed E-state index contributed by atoms with van der Waals surface area (Å²) in [6.45, 7) is 5.58. The van der Waals surface area contributed by atoms with Crippen molar-refractivity contribution >= 4 is 0 Å². The molecule has 0 aliphatic carbocycles. The van der Waals surface area contributed by atoms with E-state index in [1.165, 1.54) is 0 Å². The van der Waals surface area contributed by atoms with Gasteiger partial charge in [0.25, 0.3) is 0 Å². The molecule has 0 spiro atoms. The summed E-state index contributed by atoms with van der Waals surface area (Å²) >= 11 is 0. The van der Waals surface area contributed by atoms with Crippen molar-refractivity contribution in [1.82, 2.24) is 20.1 Å². The maximum atomic E-state index is 5.44. The minimum atomic E-state index is 0.376. The van der Waals surface area contributed by atoms with Gasteiger partial charge in [0.05, 0.1) is 19.2 Å². The molecule has 0 bridgehead atoms. The smallest absolute Gasteiger partial charge is 0.164 e. The zero-order valence-corrected chi connectivity index (χ0v) is 9.85. The lowest BCUT2D eigenvalue weighted by Gasteiger charge is -2.21. The summed E-state index contributed by atoms with van der Waals surface area (Å²) in [5.74, 6) is 0.874. The second kappa shape index (κ2) is 5.96. The summed E-state index contributed by atoms with van der Waals surface area (Å²) in [5.41, 5.74) is 0. The Morgan fingerprint density at radius 1 is 1.62 bits per heavy atom. The Kier molecular flexibility index (Phi) is 4.30. The monoisotopic (exact) mass is 224 g/mol. The van der Waals surface area contributed by atoms with E-state index in [4.69, 9.17) is 4.74 Å². The molecular weight excluding hydrogens is 204 g/mol. The summed E-state index contributed by atoms with van der Waals surface area (Å²) in [5, 5.41) is 7.77. The molecule has 2 rings (SSSR count). The molecule has 1 aliphatic heterocycles. The number of hydrogen-bond donors (Lipinski definition) is 1. The van der Waals surface area contributed by atoms with Crippen molar-refractivity contribution in [2.75, 3.05) is 19.8 Å². The number of aromatic nitrogens is 3. The predicted molar refractivity (Wildman–Crippen MR) is 61.1 cm³/mol. The van der Waals surface area contributed by atoms with Crippen LogP contribution in [-0.4, -0.2) is 34.5 Å². The van der Waals surface area contributed by atoms with Crippen LogP contribution < -0.4 is 5.32 Å². The third-order valence-corrected chi connectivity index (χ3v) is 2.78. The van der Waals surface area contributed by atoms with Crippen LogP contribution >= 0.6 is 0 Å². The summed E-state index contributed by atoms with van der Waals surface area (Å²) in [7, 11) is 0. The van der Waals surface area contributed by atoms with Crippen molar-refractivity contribution in [3.05, 3.63) is 12.2 Å². The third-order valence-electron chi connectivity index (χ3n) is 2.78. The number of nitrogens with zero attached hydrogens (tertiary/aromatic N) is 3. The van der Waals surface area contributed by atoms with Crippen LogP contribution in [0.4, 0.5) is 0 Å². The van der Waals surface area contributed by atoms with Crippen molar-refractivity contribution in [3.8, 4) is 0 Å². The minimum Gasteiger partial charge on any atom is -0.379 e. The molecule has 0 saturated carbocycles. The van der Waals surface area contributed by atoms with Gasteiger partial charge in [0.15, 0.2) is 5.82 Å². The van der Waals surface area contributed by atoms with E-state index in [0.717, 1.165) is 51.4 Å². The van der Waals surface area contributed by atoms with E-state index in [9.17, 15) is 0 Å². The zero-order valence-electron chi connectivity index (χ0n) is 9.85. The zero-order chi connectivity index (χ0) is 11.2. The van der Waals surface area contributed by atoms with Crippen molar-refractivity contribution in [2.45, 2.75) is 38.8 Å². The Hall–Kier alpha value is -0.940. The first kappa shape index (κ1) is 11.5. The van der Waals surface area contributed by atoms with E-state index in [2.05, 4.69) is 22.3 Å². The maximum Gasteiger partial charge on any atom is 0.164 e. The van der Waals surface area contributed by atoms with Crippen molar-refractivity contribution in [1.29, 1.82) is 0 Å². The molecule has 2 heterocycles. The van der Waals surface area contributed by atoms with Gasteiger partial charge in [-0.25, -0.2) is 9.67 Å². The molecule has 0 amide bonds. The van der Waals surface area contributed by atoms with Crippen LogP contribution in [0.2, 0.25) is 0 Å². The van der Waals surface area contributed by atoms with Gasteiger partial charge < -0.3 is 10.1 Å². The molecule has 1 fully saturated rings. The van der Waals surface area contributed by atoms with Crippen molar-refractivity contribution < 1.29 is 4.74 Å². The standard InChI is InChI=1S/C11H20N4O/c1-2-5-12-7-11-13-9-15(14-11)10-4-3-6-16-8-10/h9-10,12H,2-8H2,1H3. The fraction of sp³-hybridized carbons (Fsp3) is 0.818. The number of ether oxygens (including phenoxy) is 1. The Morgan fingerprint density at radius 3 is 3.31 bits per heavy atom. The van der Waals surface area contributed by atoms with E-state index in [1.54, 1.807) is 0 Å². The summed E-state index contributed by atoms with van der Waals surface area (Å²) < 4.78 is 7.39. The van der Waals surface area contributed by atoms with E-state index in [-0.39, 0.29) is 0 Å². The summed E-state index contributed by atoms with van der Waals surface area (Å²) in [6, 6.07) is 0.376. The van der Waals surface area contributed by atoms with Crippen LogP contribution in [0, 0.1) is 0 Å². The van der Waals surface area contributed by atoms with Crippen molar-refractivity contribution in [2.24, 2.45) is 0 Å². The molecule has 16 heavy (non-hydrogen) atoms. The molecular formula is C11H20N4O. The van der Waals surface area contributed by atoms with Gasteiger partial charge in [-0.3, -0.25) is 0 Å². The molecule has 1 unspecified atom stereocenters. The second-order valence-electron chi connectivity index (χ2n) is 4.19. The second-order valence-corrected chi connectivity index (χ2v) is 4.19. The molecule has 1 aromatic rings. The largest absolute Gasteiger partial charge is 0.379 e. The molecule has 5 nitrogen and oxygen atoms in total. The quantitative estimate of drug-likeness (QED) is 0.762. The Bertz CT molecular complexity index is 307. The average Bonchev–Trinajstić information content (AvgIpc) is 2.79. The van der Waals surface area contributed by atoms with Crippen LogP contribution in [0.5, 0.6) is 0 Å². The van der Waals surface area contributed by atoms with E-state index in [0.29, 0.717) is 6.04 Å². The molecule has 0 radical (unpaired) electrons. The van der Waals surface area contributed by atoms with E-state index >= 15 is 0 Å². The lowest BCUT2D eigenvalue weighted by molar-refractivity contribution is 0.0547. The van der Waals surface area contributed by atoms with Gasteiger partial charge in [0.2, 0.25) is 0 Å². The van der Waals surface area contributed by atoms with Crippen molar-refractivity contribution in [3.63, 3.8) is 0 Å². The fourth-order valence-corrected chi connectivity index (χ4v) is 1.88. The average molecular weight is 224 g/mol. The Labute approximate surface area is 96.2 Å². The summed E-state index contributed by atoms with van der Waals surface area (Å²) in [4.78, 5) is 4.30.